The highest BCUT2D eigenvalue weighted by Gasteiger charge is 2.18. The van der Waals surface area contributed by atoms with Gasteiger partial charge in [0.25, 0.3) is 5.91 Å². The second-order valence-electron chi connectivity index (χ2n) is 5.90. The summed E-state index contributed by atoms with van der Waals surface area (Å²) in [6.07, 6.45) is 0.770. The fourth-order valence-corrected chi connectivity index (χ4v) is 2.64. The van der Waals surface area contributed by atoms with E-state index >= 15 is 0 Å². The van der Waals surface area contributed by atoms with Crippen LogP contribution in [-0.2, 0) is 16.0 Å². The average Bonchev–Trinajstić information content (AvgIpc) is 2.88. The molecule has 0 fully saturated rings. The maximum absolute atomic E-state index is 12.5. The molecule has 1 N–H and O–H groups in total. The number of nitrogens with zero attached hydrogens (tertiary/aromatic N) is 2. The topological polar surface area (TPSA) is 65.4 Å². The summed E-state index contributed by atoms with van der Waals surface area (Å²) in [5.74, 6) is -0.0776. The Morgan fingerprint density at radius 2 is 1.92 bits per heavy atom. The van der Waals surface area contributed by atoms with Crippen LogP contribution in [0.1, 0.15) is 33.7 Å². The van der Waals surface area contributed by atoms with Crippen LogP contribution >= 0.6 is 0 Å². The fourth-order valence-electron chi connectivity index (χ4n) is 2.64. The average molecular weight is 345 g/mol. The molecule has 0 atom stereocenters. The summed E-state index contributed by atoms with van der Waals surface area (Å²) in [5.41, 5.74) is 3.46. The number of benzene rings is 1. The monoisotopic (exact) mass is 345 g/mol. The van der Waals surface area contributed by atoms with Gasteiger partial charge in [0.1, 0.15) is 0 Å². The minimum atomic E-state index is -0.0776. The first-order chi connectivity index (χ1) is 12.1. The molecule has 0 aliphatic carbocycles. The number of aryl methyl sites for hydroxylation is 1. The number of rotatable bonds is 10. The molecule has 2 aromatic rings. The van der Waals surface area contributed by atoms with E-state index in [0.29, 0.717) is 38.5 Å². The summed E-state index contributed by atoms with van der Waals surface area (Å²) in [7, 11) is 1.65. The molecule has 0 saturated carbocycles. The summed E-state index contributed by atoms with van der Waals surface area (Å²) in [6.45, 7) is 6.82. The van der Waals surface area contributed by atoms with Gasteiger partial charge in [-0.2, -0.15) is 5.10 Å². The van der Waals surface area contributed by atoms with Crippen LogP contribution < -0.4 is 5.32 Å². The van der Waals surface area contributed by atoms with Gasteiger partial charge in [-0.25, -0.2) is 0 Å². The molecule has 1 heterocycles. The smallest absolute Gasteiger partial charge is 0.255 e. The first kappa shape index (κ1) is 19.1. The van der Waals surface area contributed by atoms with Crippen LogP contribution in [0.4, 0.5) is 0 Å². The number of ether oxygens (including phenoxy) is 2. The summed E-state index contributed by atoms with van der Waals surface area (Å²) in [6, 6.07) is 10.1. The minimum absolute atomic E-state index is 0.0776. The molecule has 0 aliphatic heterocycles. The Bertz CT molecular complexity index is 668. The van der Waals surface area contributed by atoms with Gasteiger partial charge in [-0.05, 0) is 25.8 Å². The third-order valence-corrected chi connectivity index (χ3v) is 3.97. The molecule has 6 heteroatoms. The zero-order valence-electron chi connectivity index (χ0n) is 15.2. The third-order valence-electron chi connectivity index (χ3n) is 3.97. The normalized spacial score (nSPS) is 10.8. The summed E-state index contributed by atoms with van der Waals surface area (Å²) < 4.78 is 12.2. The van der Waals surface area contributed by atoms with E-state index in [-0.39, 0.29) is 5.91 Å². The van der Waals surface area contributed by atoms with E-state index in [9.17, 15) is 4.79 Å². The molecular formula is C19H27N3O3. The SMILES string of the molecule is COCCOCCCNC(=O)c1c(C)nn(Cc2ccccc2)c1C. The Kier molecular flexibility index (Phi) is 7.63. The van der Waals surface area contributed by atoms with Crippen molar-refractivity contribution in [1.82, 2.24) is 15.1 Å². The van der Waals surface area contributed by atoms with E-state index < -0.39 is 0 Å². The van der Waals surface area contributed by atoms with Crippen molar-refractivity contribution in [2.75, 3.05) is 33.5 Å². The molecule has 6 nitrogen and oxygen atoms in total. The van der Waals surface area contributed by atoms with Gasteiger partial charge in [-0.3, -0.25) is 9.48 Å². The van der Waals surface area contributed by atoms with Crippen molar-refractivity contribution in [3.63, 3.8) is 0 Å². The Labute approximate surface area is 149 Å². The van der Waals surface area contributed by atoms with E-state index in [0.717, 1.165) is 23.4 Å². The van der Waals surface area contributed by atoms with Crippen molar-refractivity contribution in [3.05, 3.63) is 52.8 Å². The van der Waals surface area contributed by atoms with Crippen LogP contribution in [0.5, 0.6) is 0 Å². The van der Waals surface area contributed by atoms with Gasteiger partial charge < -0.3 is 14.8 Å². The van der Waals surface area contributed by atoms with Crippen LogP contribution in [0.15, 0.2) is 30.3 Å². The fraction of sp³-hybridized carbons (Fsp3) is 0.474. The number of carbonyl (C=O) groups excluding carboxylic acids is 1. The van der Waals surface area contributed by atoms with Gasteiger partial charge in [0.05, 0.1) is 31.0 Å². The van der Waals surface area contributed by atoms with E-state index in [1.807, 2.05) is 36.7 Å². The number of hydrogen-bond acceptors (Lipinski definition) is 4. The minimum Gasteiger partial charge on any atom is -0.382 e. The van der Waals surface area contributed by atoms with E-state index in [1.165, 1.54) is 0 Å². The lowest BCUT2D eigenvalue weighted by Gasteiger charge is -2.07. The van der Waals surface area contributed by atoms with Crippen molar-refractivity contribution in [1.29, 1.82) is 0 Å². The number of nitrogens with one attached hydrogen (secondary N) is 1. The number of hydrogen-bond donors (Lipinski definition) is 1. The van der Waals surface area contributed by atoms with Gasteiger partial charge in [0, 0.05) is 26.0 Å². The lowest BCUT2D eigenvalue weighted by Crippen LogP contribution is -2.26. The van der Waals surface area contributed by atoms with Crippen LogP contribution in [0.25, 0.3) is 0 Å². The third kappa shape index (κ3) is 5.69. The van der Waals surface area contributed by atoms with Crippen LogP contribution in [0.3, 0.4) is 0 Å². The van der Waals surface area contributed by atoms with E-state index in [1.54, 1.807) is 7.11 Å². The van der Waals surface area contributed by atoms with Crippen molar-refractivity contribution in [2.45, 2.75) is 26.8 Å². The molecule has 25 heavy (non-hydrogen) atoms. The van der Waals surface area contributed by atoms with E-state index in [2.05, 4.69) is 22.5 Å². The number of carbonyl (C=O) groups is 1. The zero-order chi connectivity index (χ0) is 18.1. The highest BCUT2D eigenvalue weighted by atomic mass is 16.5. The Hall–Kier alpha value is -2.18. The lowest BCUT2D eigenvalue weighted by molar-refractivity contribution is 0.0688. The maximum atomic E-state index is 12.5. The predicted octanol–water partition coefficient (Wildman–Crippen LogP) is 2.33. The molecule has 0 aliphatic rings. The molecule has 0 unspecified atom stereocenters. The summed E-state index contributed by atoms with van der Waals surface area (Å²) >= 11 is 0. The van der Waals surface area contributed by atoms with Gasteiger partial charge in [-0.15, -0.1) is 0 Å². The van der Waals surface area contributed by atoms with Gasteiger partial charge in [0.15, 0.2) is 0 Å². The van der Waals surface area contributed by atoms with Gasteiger partial charge >= 0.3 is 0 Å². The van der Waals surface area contributed by atoms with Crippen molar-refractivity contribution < 1.29 is 14.3 Å². The quantitative estimate of drug-likeness (QED) is 0.671. The first-order valence-electron chi connectivity index (χ1n) is 8.56. The molecule has 2 rings (SSSR count). The van der Waals surface area contributed by atoms with Crippen LogP contribution in [-0.4, -0.2) is 49.2 Å². The van der Waals surface area contributed by atoms with Gasteiger partial charge in [-0.1, -0.05) is 30.3 Å². The molecule has 136 valence electrons. The van der Waals surface area contributed by atoms with Crippen molar-refractivity contribution in [3.8, 4) is 0 Å². The second-order valence-corrected chi connectivity index (χ2v) is 5.90. The Morgan fingerprint density at radius 3 is 2.64 bits per heavy atom. The Morgan fingerprint density at radius 1 is 1.16 bits per heavy atom. The molecule has 1 aromatic carbocycles. The molecule has 1 aromatic heterocycles. The van der Waals surface area contributed by atoms with Crippen molar-refractivity contribution >= 4 is 5.91 Å². The van der Waals surface area contributed by atoms with Crippen LogP contribution in [0.2, 0.25) is 0 Å². The van der Waals surface area contributed by atoms with Crippen molar-refractivity contribution in [2.24, 2.45) is 0 Å². The molecule has 0 bridgehead atoms. The number of methoxy groups -OCH3 is 1. The standard InChI is InChI=1S/C19H27N3O3/c1-15-18(19(23)20-10-7-11-25-13-12-24-3)16(2)22(21-15)14-17-8-5-4-6-9-17/h4-6,8-9H,7,10-14H2,1-3H3,(H,20,23). The van der Waals surface area contributed by atoms with Gasteiger partial charge in [0.2, 0.25) is 0 Å². The lowest BCUT2D eigenvalue weighted by atomic mass is 10.1. The first-order valence-corrected chi connectivity index (χ1v) is 8.56. The molecule has 0 saturated heterocycles. The maximum Gasteiger partial charge on any atom is 0.255 e. The number of aromatic nitrogens is 2. The largest absolute Gasteiger partial charge is 0.382 e. The number of amides is 1. The molecule has 0 spiro atoms. The zero-order valence-corrected chi connectivity index (χ0v) is 15.2. The predicted molar refractivity (Wildman–Crippen MR) is 96.9 cm³/mol. The second kappa shape index (κ2) is 9.96. The highest BCUT2D eigenvalue weighted by molar-refractivity contribution is 5.96. The molecule has 1 amide bonds. The summed E-state index contributed by atoms with van der Waals surface area (Å²) in [5, 5.41) is 7.47. The van der Waals surface area contributed by atoms with E-state index in [4.69, 9.17) is 9.47 Å². The molecular weight excluding hydrogens is 318 g/mol. The Balaban J connectivity index is 1.87. The summed E-state index contributed by atoms with van der Waals surface area (Å²) in [4.78, 5) is 12.5. The highest BCUT2D eigenvalue weighted by Crippen LogP contribution is 2.14. The van der Waals surface area contributed by atoms with Crippen LogP contribution in [0, 0.1) is 13.8 Å². The molecule has 0 radical (unpaired) electrons.